The summed E-state index contributed by atoms with van der Waals surface area (Å²) in [6, 6.07) is 8.86. The van der Waals surface area contributed by atoms with Gasteiger partial charge in [0.15, 0.2) is 0 Å². The minimum atomic E-state index is 0.570. The van der Waals surface area contributed by atoms with E-state index in [4.69, 9.17) is 4.42 Å². The summed E-state index contributed by atoms with van der Waals surface area (Å²) in [5.41, 5.74) is 2.14. The molecule has 3 rings (SSSR count). The lowest BCUT2D eigenvalue weighted by molar-refractivity contribution is 0.317. The van der Waals surface area contributed by atoms with Crippen LogP contribution in [0.3, 0.4) is 0 Å². The first kappa shape index (κ1) is 13.2. The van der Waals surface area contributed by atoms with Gasteiger partial charge in [0.1, 0.15) is 0 Å². The number of hydrogen-bond donors (Lipinski definition) is 1. The SMILES string of the molecule is CCC1CCCCC1Nc1ccc(-c2nnco2)cc1. The van der Waals surface area contributed by atoms with Gasteiger partial charge in [-0.05, 0) is 43.0 Å². The summed E-state index contributed by atoms with van der Waals surface area (Å²) in [7, 11) is 0. The van der Waals surface area contributed by atoms with E-state index in [9.17, 15) is 0 Å². The topological polar surface area (TPSA) is 51.0 Å². The average molecular weight is 271 g/mol. The summed E-state index contributed by atoms with van der Waals surface area (Å²) in [5, 5.41) is 11.3. The predicted molar refractivity (Wildman–Crippen MR) is 79.4 cm³/mol. The maximum absolute atomic E-state index is 5.20. The number of aromatic nitrogens is 2. The molecule has 1 aliphatic rings. The molecule has 4 nitrogen and oxygen atoms in total. The van der Waals surface area contributed by atoms with Crippen LogP contribution in [0.4, 0.5) is 5.69 Å². The van der Waals surface area contributed by atoms with E-state index in [0.717, 1.165) is 11.5 Å². The van der Waals surface area contributed by atoms with E-state index in [1.807, 2.05) is 12.1 Å². The van der Waals surface area contributed by atoms with Crippen molar-refractivity contribution in [2.24, 2.45) is 5.92 Å². The zero-order valence-electron chi connectivity index (χ0n) is 11.9. The van der Waals surface area contributed by atoms with Crippen molar-refractivity contribution < 1.29 is 4.42 Å². The summed E-state index contributed by atoms with van der Waals surface area (Å²) in [5.74, 6) is 1.38. The monoisotopic (exact) mass is 271 g/mol. The van der Waals surface area contributed by atoms with Crippen LogP contribution in [0.2, 0.25) is 0 Å². The van der Waals surface area contributed by atoms with Crippen molar-refractivity contribution in [2.45, 2.75) is 45.1 Å². The van der Waals surface area contributed by atoms with Crippen LogP contribution in [-0.2, 0) is 0 Å². The van der Waals surface area contributed by atoms with Crippen LogP contribution >= 0.6 is 0 Å². The minimum absolute atomic E-state index is 0.570. The molecule has 0 saturated heterocycles. The van der Waals surface area contributed by atoms with Gasteiger partial charge in [0.25, 0.3) is 0 Å². The molecule has 0 spiro atoms. The van der Waals surface area contributed by atoms with Gasteiger partial charge in [0.05, 0.1) is 0 Å². The molecule has 2 unspecified atom stereocenters. The molecule has 0 amide bonds. The molecule has 1 aromatic carbocycles. The number of nitrogens with zero attached hydrogens (tertiary/aromatic N) is 2. The van der Waals surface area contributed by atoms with Gasteiger partial charge in [-0.1, -0.05) is 26.2 Å². The Morgan fingerprint density at radius 2 is 2.00 bits per heavy atom. The molecule has 1 aliphatic carbocycles. The lowest BCUT2D eigenvalue weighted by Gasteiger charge is -2.32. The second-order valence-electron chi connectivity index (χ2n) is 5.52. The Bertz CT molecular complexity index is 521. The van der Waals surface area contributed by atoms with E-state index in [2.05, 4.69) is 34.6 Å². The van der Waals surface area contributed by atoms with Crippen molar-refractivity contribution >= 4 is 5.69 Å². The van der Waals surface area contributed by atoms with E-state index in [1.54, 1.807) is 0 Å². The Balaban J connectivity index is 1.68. The van der Waals surface area contributed by atoms with Crippen molar-refractivity contribution in [1.29, 1.82) is 0 Å². The maximum Gasteiger partial charge on any atom is 0.247 e. The van der Waals surface area contributed by atoms with Crippen LogP contribution < -0.4 is 5.32 Å². The van der Waals surface area contributed by atoms with Crippen molar-refractivity contribution in [3.63, 3.8) is 0 Å². The van der Waals surface area contributed by atoms with E-state index in [1.165, 1.54) is 44.2 Å². The minimum Gasteiger partial charge on any atom is -0.423 e. The van der Waals surface area contributed by atoms with Crippen molar-refractivity contribution in [3.8, 4) is 11.5 Å². The summed E-state index contributed by atoms with van der Waals surface area (Å²) in [6.07, 6.45) is 7.98. The first-order valence-corrected chi connectivity index (χ1v) is 7.50. The fourth-order valence-electron chi connectivity index (χ4n) is 3.11. The molecule has 0 radical (unpaired) electrons. The Morgan fingerprint density at radius 1 is 1.20 bits per heavy atom. The molecule has 1 fully saturated rings. The van der Waals surface area contributed by atoms with Gasteiger partial charge >= 0.3 is 0 Å². The first-order valence-electron chi connectivity index (χ1n) is 7.50. The Hall–Kier alpha value is -1.84. The highest BCUT2D eigenvalue weighted by Crippen LogP contribution is 2.29. The molecule has 106 valence electrons. The van der Waals surface area contributed by atoms with Crippen LogP contribution in [0, 0.1) is 5.92 Å². The Labute approximate surface area is 119 Å². The highest BCUT2D eigenvalue weighted by molar-refractivity contribution is 5.58. The lowest BCUT2D eigenvalue weighted by atomic mass is 9.83. The van der Waals surface area contributed by atoms with Crippen LogP contribution in [0.1, 0.15) is 39.0 Å². The van der Waals surface area contributed by atoms with Gasteiger partial charge < -0.3 is 9.73 Å². The highest BCUT2D eigenvalue weighted by atomic mass is 16.4. The third-order valence-electron chi connectivity index (χ3n) is 4.28. The van der Waals surface area contributed by atoms with E-state index >= 15 is 0 Å². The normalized spacial score (nSPS) is 22.6. The third kappa shape index (κ3) is 2.84. The summed E-state index contributed by atoms with van der Waals surface area (Å²) in [4.78, 5) is 0. The van der Waals surface area contributed by atoms with Gasteiger partial charge in [-0.25, -0.2) is 0 Å². The molecule has 1 aromatic heterocycles. The van der Waals surface area contributed by atoms with Gasteiger partial charge in [-0.15, -0.1) is 10.2 Å². The lowest BCUT2D eigenvalue weighted by Crippen LogP contribution is -2.31. The van der Waals surface area contributed by atoms with E-state index in [0.29, 0.717) is 11.9 Å². The second kappa shape index (κ2) is 6.07. The summed E-state index contributed by atoms with van der Waals surface area (Å²) < 4.78 is 5.20. The van der Waals surface area contributed by atoms with Gasteiger partial charge in [-0.2, -0.15) is 0 Å². The van der Waals surface area contributed by atoms with Gasteiger partial charge in [-0.3, -0.25) is 0 Å². The zero-order valence-corrected chi connectivity index (χ0v) is 11.9. The Morgan fingerprint density at radius 3 is 2.70 bits per heavy atom. The summed E-state index contributed by atoms with van der Waals surface area (Å²) in [6.45, 7) is 2.29. The molecule has 20 heavy (non-hydrogen) atoms. The second-order valence-corrected chi connectivity index (χ2v) is 5.52. The van der Waals surface area contributed by atoms with E-state index in [-0.39, 0.29) is 0 Å². The Kier molecular flexibility index (Phi) is 4.00. The molecular weight excluding hydrogens is 250 g/mol. The zero-order chi connectivity index (χ0) is 13.8. The smallest absolute Gasteiger partial charge is 0.247 e. The molecule has 2 aromatic rings. The highest BCUT2D eigenvalue weighted by Gasteiger charge is 2.23. The summed E-state index contributed by atoms with van der Waals surface area (Å²) >= 11 is 0. The van der Waals surface area contributed by atoms with E-state index < -0.39 is 0 Å². The largest absolute Gasteiger partial charge is 0.423 e. The predicted octanol–water partition coefficient (Wildman–Crippen LogP) is 4.12. The number of anilines is 1. The van der Waals surface area contributed by atoms with Crippen molar-refractivity contribution in [3.05, 3.63) is 30.7 Å². The number of nitrogens with one attached hydrogen (secondary N) is 1. The van der Waals surface area contributed by atoms with Crippen LogP contribution in [-0.4, -0.2) is 16.2 Å². The number of benzene rings is 1. The molecule has 1 heterocycles. The number of rotatable bonds is 4. The average Bonchev–Trinajstić information content (AvgIpc) is 3.03. The van der Waals surface area contributed by atoms with Gasteiger partial charge in [0.2, 0.25) is 12.3 Å². The standard InChI is InChI=1S/C16H21N3O/c1-2-12-5-3-4-6-15(12)18-14-9-7-13(8-10-14)16-19-17-11-20-16/h7-12,15,18H,2-6H2,1H3. The maximum atomic E-state index is 5.20. The molecule has 1 N–H and O–H groups in total. The molecular formula is C16H21N3O. The quantitative estimate of drug-likeness (QED) is 0.909. The third-order valence-corrected chi connectivity index (χ3v) is 4.28. The van der Waals surface area contributed by atoms with Crippen LogP contribution in [0.15, 0.2) is 35.1 Å². The number of hydrogen-bond acceptors (Lipinski definition) is 4. The van der Waals surface area contributed by atoms with Crippen molar-refractivity contribution in [2.75, 3.05) is 5.32 Å². The molecule has 1 saturated carbocycles. The van der Waals surface area contributed by atoms with Crippen LogP contribution in [0.5, 0.6) is 0 Å². The van der Waals surface area contributed by atoms with Crippen LogP contribution in [0.25, 0.3) is 11.5 Å². The first-order chi connectivity index (χ1) is 9.86. The molecule has 0 bridgehead atoms. The fraction of sp³-hybridized carbons (Fsp3) is 0.500. The molecule has 2 atom stereocenters. The molecule has 4 heteroatoms. The van der Waals surface area contributed by atoms with Gasteiger partial charge in [0, 0.05) is 17.3 Å². The fourth-order valence-corrected chi connectivity index (χ4v) is 3.11. The molecule has 0 aliphatic heterocycles. The van der Waals surface area contributed by atoms with Crippen molar-refractivity contribution in [1.82, 2.24) is 10.2 Å².